The number of aromatic nitrogens is 2. The van der Waals surface area contributed by atoms with E-state index in [-0.39, 0.29) is 0 Å². The maximum absolute atomic E-state index is 6.03. The zero-order chi connectivity index (χ0) is 12.4. The molecule has 1 fully saturated rings. The summed E-state index contributed by atoms with van der Waals surface area (Å²) in [6.45, 7) is 8.25. The summed E-state index contributed by atoms with van der Waals surface area (Å²) in [5.41, 5.74) is 7.74. The predicted octanol–water partition coefficient (Wildman–Crippen LogP) is 1.16. The molecule has 1 aromatic heterocycles. The van der Waals surface area contributed by atoms with Crippen molar-refractivity contribution in [3.8, 4) is 0 Å². The third-order valence-electron chi connectivity index (χ3n) is 3.52. The third-order valence-corrected chi connectivity index (χ3v) is 3.52. The van der Waals surface area contributed by atoms with E-state index in [0.29, 0.717) is 0 Å². The Hall–Kier alpha value is -1.23. The van der Waals surface area contributed by atoms with Crippen LogP contribution in [0.25, 0.3) is 0 Å². The van der Waals surface area contributed by atoms with E-state index >= 15 is 0 Å². The van der Waals surface area contributed by atoms with E-state index in [9.17, 15) is 0 Å². The maximum Gasteiger partial charge on any atom is 0.148 e. The molecule has 1 aromatic rings. The van der Waals surface area contributed by atoms with Gasteiger partial charge in [0.1, 0.15) is 5.82 Å². The van der Waals surface area contributed by atoms with E-state index in [1.54, 1.807) is 0 Å². The largest absolute Gasteiger partial charge is 0.394 e. The Bertz CT molecular complexity index is 384. The van der Waals surface area contributed by atoms with Crippen molar-refractivity contribution in [2.24, 2.45) is 5.92 Å². The molecule has 2 rings (SSSR count). The Balaban J connectivity index is 1.98. The number of nitrogens with zero attached hydrogens (tertiary/aromatic N) is 3. The lowest BCUT2D eigenvalue weighted by Crippen LogP contribution is -2.20. The highest BCUT2D eigenvalue weighted by Crippen LogP contribution is 2.23. The van der Waals surface area contributed by atoms with Gasteiger partial charge in [-0.3, -0.25) is 0 Å². The molecule has 96 valence electrons. The number of hydrogen-bond donors (Lipinski definition) is 2. The van der Waals surface area contributed by atoms with Crippen molar-refractivity contribution < 1.29 is 0 Å². The number of anilines is 2. The van der Waals surface area contributed by atoms with Gasteiger partial charge in [-0.1, -0.05) is 0 Å². The first-order valence-corrected chi connectivity index (χ1v) is 6.37. The first-order chi connectivity index (χ1) is 8.11. The molecule has 0 aromatic carbocycles. The van der Waals surface area contributed by atoms with Crippen molar-refractivity contribution in [1.29, 1.82) is 0 Å². The van der Waals surface area contributed by atoms with Gasteiger partial charge < -0.3 is 16.0 Å². The van der Waals surface area contributed by atoms with Gasteiger partial charge in [0.05, 0.1) is 11.4 Å². The molecule has 0 saturated carbocycles. The Morgan fingerprint density at radius 2 is 2.29 bits per heavy atom. The Labute approximate surface area is 103 Å². The molecule has 0 bridgehead atoms. The van der Waals surface area contributed by atoms with Crippen LogP contribution in [0.5, 0.6) is 0 Å². The van der Waals surface area contributed by atoms with Gasteiger partial charge in [-0.2, -0.15) is 5.10 Å². The van der Waals surface area contributed by atoms with Gasteiger partial charge >= 0.3 is 0 Å². The van der Waals surface area contributed by atoms with Crippen molar-refractivity contribution in [1.82, 2.24) is 14.7 Å². The lowest BCUT2D eigenvalue weighted by atomic mass is 10.1. The number of nitrogen functional groups attached to an aromatic ring is 1. The summed E-state index contributed by atoms with van der Waals surface area (Å²) in [7, 11) is 2.18. The zero-order valence-corrected chi connectivity index (χ0v) is 11.0. The van der Waals surface area contributed by atoms with Gasteiger partial charge in [-0.25, -0.2) is 4.68 Å². The first-order valence-electron chi connectivity index (χ1n) is 6.37. The van der Waals surface area contributed by atoms with Crippen LogP contribution in [-0.4, -0.2) is 41.4 Å². The molecule has 0 spiro atoms. The SMILES string of the molecule is CCn1nc(C)c(N)c1NCC1CCN(C)C1. The predicted molar refractivity (Wildman–Crippen MR) is 71.1 cm³/mol. The number of aryl methyl sites for hydroxylation is 2. The molecule has 1 aliphatic heterocycles. The van der Waals surface area contributed by atoms with Crippen molar-refractivity contribution >= 4 is 11.5 Å². The van der Waals surface area contributed by atoms with Gasteiger partial charge in [0.2, 0.25) is 0 Å². The molecule has 1 atom stereocenters. The summed E-state index contributed by atoms with van der Waals surface area (Å²) in [5, 5.41) is 7.87. The number of nitrogens with two attached hydrogens (primary N) is 1. The number of rotatable bonds is 4. The molecular formula is C12H23N5. The summed E-state index contributed by atoms with van der Waals surface area (Å²) in [6, 6.07) is 0. The lowest BCUT2D eigenvalue weighted by molar-refractivity contribution is 0.399. The van der Waals surface area contributed by atoms with E-state index in [2.05, 4.69) is 29.3 Å². The molecule has 5 heteroatoms. The van der Waals surface area contributed by atoms with Crippen LogP contribution >= 0.6 is 0 Å². The standard InChI is InChI=1S/C12H23N5/c1-4-17-12(11(13)9(2)15-17)14-7-10-5-6-16(3)8-10/h10,14H,4-8,13H2,1-3H3. The monoisotopic (exact) mass is 237 g/mol. The average Bonchev–Trinajstić information content (AvgIpc) is 2.83. The average molecular weight is 237 g/mol. The fourth-order valence-corrected chi connectivity index (χ4v) is 2.44. The second kappa shape index (κ2) is 4.96. The molecular weight excluding hydrogens is 214 g/mol. The fraction of sp³-hybridized carbons (Fsp3) is 0.750. The maximum atomic E-state index is 6.03. The Morgan fingerprint density at radius 3 is 2.88 bits per heavy atom. The van der Waals surface area contributed by atoms with Gasteiger partial charge in [-0.15, -0.1) is 0 Å². The molecule has 0 amide bonds. The topological polar surface area (TPSA) is 59.1 Å². The van der Waals surface area contributed by atoms with Gasteiger partial charge in [-0.05, 0) is 39.8 Å². The van der Waals surface area contributed by atoms with E-state index < -0.39 is 0 Å². The Kier molecular flexibility index (Phi) is 3.57. The molecule has 0 aliphatic carbocycles. The summed E-state index contributed by atoms with van der Waals surface area (Å²) in [5.74, 6) is 1.71. The smallest absolute Gasteiger partial charge is 0.148 e. The highest BCUT2D eigenvalue weighted by Gasteiger charge is 2.20. The minimum Gasteiger partial charge on any atom is -0.394 e. The van der Waals surface area contributed by atoms with E-state index in [1.165, 1.54) is 19.5 Å². The van der Waals surface area contributed by atoms with Crippen molar-refractivity contribution in [2.45, 2.75) is 26.8 Å². The number of nitrogens with one attached hydrogen (secondary N) is 1. The second-order valence-electron chi connectivity index (χ2n) is 4.96. The molecule has 17 heavy (non-hydrogen) atoms. The van der Waals surface area contributed by atoms with Crippen LogP contribution in [0.3, 0.4) is 0 Å². The molecule has 2 heterocycles. The van der Waals surface area contributed by atoms with Gasteiger partial charge in [0, 0.05) is 19.6 Å². The van der Waals surface area contributed by atoms with Crippen LogP contribution in [-0.2, 0) is 6.54 Å². The zero-order valence-electron chi connectivity index (χ0n) is 11.0. The highest BCUT2D eigenvalue weighted by molar-refractivity contribution is 5.64. The first kappa shape index (κ1) is 12.2. The summed E-state index contributed by atoms with van der Waals surface area (Å²) in [4.78, 5) is 2.37. The Morgan fingerprint density at radius 1 is 1.53 bits per heavy atom. The van der Waals surface area contributed by atoms with Crippen LogP contribution in [0.4, 0.5) is 11.5 Å². The van der Waals surface area contributed by atoms with Crippen LogP contribution in [0, 0.1) is 12.8 Å². The van der Waals surface area contributed by atoms with Crippen molar-refractivity contribution in [3.63, 3.8) is 0 Å². The van der Waals surface area contributed by atoms with Crippen LogP contribution in [0.15, 0.2) is 0 Å². The van der Waals surface area contributed by atoms with Crippen LogP contribution in [0.2, 0.25) is 0 Å². The van der Waals surface area contributed by atoms with Crippen molar-refractivity contribution in [3.05, 3.63) is 5.69 Å². The van der Waals surface area contributed by atoms with E-state index in [0.717, 1.165) is 36.2 Å². The molecule has 5 nitrogen and oxygen atoms in total. The normalized spacial score (nSPS) is 21.0. The minimum atomic E-state index is 0.722. The number of hydrogen-bond acceptors (Lipinski definition) is 4. The molecule has 1 saturated heterocycles. The summed E-state index contributed by atoms with van der Waals surface area (Å²) < 4.78 is 1.95. The van der Waals surface area contributed by atoms with Crippen LogP contribution in [0.1, 0.15) is 19.0 Å². The second-order valence-corrected chi connectivity index (χ2v) is 4.96. The summed E-state index contributed by atoms with van der Waals surface area (Å²) in [6.07, 6.45) is 1.27. The van der Waals surface area contributed by atoms with Crippen molar-refractivity contribution in [2.75, 3.05) is 37.7 Å². The van der Waals surface area contributed by atoms with Gasteiger partial charge in [0.25, 0.3) is 0 Å². The van der Waals surface area contributed by atoms with E-state index in [4.69, 9.17) is 5.73 Å². The molecule has 1 aliphatic rings. The molecule has 0 radical (unpaired) electrons. The quantitative estimate of drug-likeness (QED) is 0.825. The number of likely N-dealkylation sites (tertiary alicyclic amines) is 1. The lowest BCUT2D eigenvalue weighted by Gasteiger charge is -2.14. The fourth-order valence-electron chi connectivity index (χ4n) is 2.44. The molecule has 1 unspecified atom stereocenters. The molecule has 3 N–H and O–H groups in total. The summed E-state index contributed by atoms with van der Waals surface area (Å²) >= 11 is 0. The van der Waals surface area contributed by atoms with Crippen LogP contribution < -0.4 is 11.1 Å². The van der Waals surface area contributed by atoms with Gasteiger partial charge in [0.15, 0.2) is 0 Å². The highest BCUT2D eigenvalue weighted by atomic mass is 15.3. The minimum absolute atomic E-state index is 0.722. The third kappa shape index (κ3) is 2.54. The van der Waals surface area contributed by atoms with E-state index in [1.807, 2.05) is 11.6 Å².